The third kappa shape index (κ3) is 8.70. The highest BCUT2D eigenvalue weighted by Crippen LogP contribution is 2.43. The van der Waals surface area contributed by atoms with E-state index in [1.807, 2.05) is 94.4 Å². The second kappa shape index (κ2) is 15.0. The van der Waals surface area contributed by atoms with Crippen LogP contribution in [0.4, 0.5) is 0 Å². The topological polar surface area (TPSA) is 82.1 Å². The Kier molecular flexibility index (Phi) is 10.8. The van der Waals surface area contributed by atoms with Crippen LogP contribution in [0.1, 0.15) is 63.5 Å². The van der Waals surface area contributed by atoms with Crippen LogP contribution in [-0.4, -0.2) is 16.9 Å². The van der Waals surface area contributed by atoms with Crippen LogP contribution in [0.25, 0.3) is 0 Å². The molecule has 47 heavy (non-hydrogen) atoms. The number of ether oxygens (including phenoxy) is 3. The Morgan fingerprint density at radius 2 is 1.38 bits per heavy atom. The number of carbonyl (C=O) groups is 2. The van der Waals surface area contributed by atoms with Gasteiger partial charge in [0.1, 0.15) is 29.6 Å². The van der Waals surface area contributed by atoms with Gasteiger partial charge >= 0.3 is 5.97 Å². The summed E-state index contributed by atoms with van der Waals surface area (Å²) in [6.45, 7) is 8.50. The van der Waals surface area contributed by atoms with E-state index in [1.165, 1.54) is 5.56 Å². The fraction of sp³-hybridized carbons (Fsp3) is 0.179. The number of rotatable bonds is 12. The molecule has 6 nitrogen and oxygen atoms in total. The molecule has 0 heterocycles. The van der Waals surface area contributed by atoms with E-state index >= 15 is 0 Å². The Hall–Kier alpha value is -4.40. The van der Waals surface area contributed by atoms with Crippen LogP contribution in [0, 0.1) is 13.8 Å². The second-order valence-corrected chi connectivity index (χ2v) is 13.4. The van der Waals surface area contributed by atoms with E-state index in [2.05, 4.69) is 37.9 Å². The lowest BCUT2D eigenvalue weighted by atomic mass is 9.95. The van der Waals surface area contributed by atoms with Gasteiger partial charge in [0.25, 0.3) is 0 Å². The Bertz CT molecular complexity index is 1930. The first kappa shape index (κ1) is 33.9. The average Bonchev–Trinajstić information content (AvgIpc) is 3.01. The molecule has 0 radical (unpaired) electrons. The maximum atomic E-state index is 14.1. The largest absolute Gasteiger partial charge is 0.489 e. The maximum absolute atomic E-state index is 14.1. The molecule has 5 rings (SSSR count). The van der Waals surface area contributed by atoms with Crippen LogP contribution in [0.5, 0.6) is 28.7 Å². The van der Waals surface area contributed by atoms with Crippen molar-refractivity contribution in [3.05, 3.63) is 145 Å². The fourth-order valence-corrected chi connectivity index (χ4v) is 6.58. The van der Waals surface area contributed by atoms with Crippen molar-refractivity contribution >= 4 is 43.6 Å². The lowest BCUT2D eigenvalue weighted by molar-refractivity contribution is -0.136. The summed E-state index contributed by atoms with van der Waals surface area (Å²) >= 11 is 7.07. The lowest BCUT2D eigenvalue weighted by Gasteiger charge is -2.20. The number of aryl methyl sites for hydroxylation is 2. The number of hydrogen-bond donors (Lipinski definition) is 1. The van der Waals surface area contributed by atoms with Crippen molar-refractivity contribution in [3.63, 3.8) is 0 Å². The quantitative estimate of drug-likeness (QED) is 0.128. The Labute approximate surface area is 291 Å². The molecule has 0 aliphatic carbocycles. The molecule has 0 spiro atoms. The van der Waals surface area contributed by atoms with Crippen LogP contribution in [0.15, 0.2) is 106 Å². The van der Waals surface area contributed by atoms with Crippen LogP contribution in [0.2, 0.25) is 0 Å². The van der Waals surface area contributed by atoms with Crippen LogP contribution >= 0.6 is 31.9 Å². The van der Waals surface area contributed by atoms with Crippen LogP contribution in [0.3, 0.4) is 0 Å². The highest BCUT2D eigenvalue weighted by Gasteiger charge is 2.23. The zero-order chi connectivity index (χ0) is 33.7. The van der Waals surface area contributed by atoms with Crippen molar-refractivity contribution in [2.45, 2.75) is 46.6 Å². The molecule has 0 amide bonds. The summed E-state index contributed by atoms with van der Waals surface area (Å²) in [5.41, 5.74) is 5.45. The number of benzene rings is 5. The SMILES string of the molecule is Cc1cccc(COc2cccc(Oc3cc(C(=O)c4cccc(C)c4)c(Oc4c(Br)cc(CC(=O)O)cc4Br)cc3C(C)C)c2)c1. The number of carboxylic acids is 1. The van der Waals surface area contributed by atoms with Gasteiger partial charge in [0.05, 0.1) is 20.9 Å². The van der Waals surface area contributed by atoms with Crippen LogP contribution in [-0.2, 0) is 17.8 Å². The van der Waals surface area contributed by atoms with Gasteiger partial charge in [0.15, 0.2) is 11.5 Å². The van der Waals surface area contributed by atoms with Crippen molar-refractivity contribution < 1.29 is 28.9 Å². The minimum Gasteiger partial charge on any atom is -0.489 e. The monoisotopic (exact) mass is 756 g/mol. The number of aliphatic carboxylic acids is 1. The first-order chi connectivity index (χ1) is 22.5. The lowest BCUT2D eigenvalue weighted by Crippen LogP contribution is -2.07. The smallest absolute Gasteiger partial charge is 0.307 e. The van der Waals surface area contributed by atoms with Crippen LogP contribution < -0.4 is 14.2 Å². The minimum atomic E-state index is -0.941. The van der Waals surface area contributed by atoms with E-state index in [-0.39, 0.29) is 18.1 Å². The van der Waals surface area contributed by atoms with E-state index in [0.717, 1.165) is 16.7 Å². The van der Waals surface area contributed by atoms with Crippen molar-refractivity contribution in [2.24, 2.45) is 0 Å². The fourth-order valence-electron chi connectivity index (χ4n) is 5.14. The molecule has 0 atom stereocenters. The number of halogens is 2. The van der Waals surface area contributed by atoms with E-state index < -0.39 is 5.97 Å². The summed E-state index contributed by atoms with van der Waals surface area (Å²) in [6.07, 6.45) is -0.143. The standard InChI is InChI=1S/C39H34Br2O6/c1-23(2)31-20-36(47-39-33(40)16-27(17-34(39)41)18-37(42)43)32(38(44)28-11-6-9-25(4)15-28)21-35(31)46-30-13-7-12-29(19-30)45-22-26-10-5-8-24(3)14-26/h5-17,19-21,23H,18,22H2,1-4H3,(H,42,43). The first-order valence-corrected chi connectivity index (χ1v) is 16.7. The van der Waals surface area contributed by atoms with E-state index in [4.69, 9.17) is 14.2 Å². The van der Waals surface area contributed by atoms with Gasteiger partial charge in [0.2, 0.25) is 0 Å². The molecule has 8 heteroatoms. The summed E-state index contributed by atoms with van der Waals surface area (Å²) in [5, 5.41) is 9.27. The Balaban J connectivity index is 1.54. The molecule has 240 valence electrons. The summed E-state index contributed by atoms with van der Waals surface area (Å²) in [6, 6.07) is 30.0. The molecule has 5 aromatic rings. The molecule has 0 aliphatic heterocycles. The molecule has 0 bridgehead atoms. The number of hydrogen-bond acceptors (Lipinski definition) is 5. The van der Waals surface area contributed by atoms with E-state index in [9.17, 15) is 14.7 Å². The number of carboxylic acid groups (broad SMARTS) is 1. The van der Waals surface area contributed by atoms with Gasteiger partial charge in [-0.3, -0.25) is 9.59 Å². The highest BCUT2D eigenvalue weighted by atomic mass is 79.9. The van der Waals surface area contributed by atoms with Gasteiger partial charge < -0.3 is 19.3 Å². The first-order valence-electron chi connectivity index (χ1n) is 15.1. The second-order valence-electron chi connectivity index (χ2n) is 11.7. The summed E-state index contributed by atoms with van der Waals surface area (Å²) in [4.78, 5) is 25.4. The zero-order valence-electron chi connectivity index (χ0n) is 26.5. The molecule has 1 N–H and O–H groups in total. The minimum absolute atomic E-state index is 0.0149. The molecule has 0 saturated heterocycles. The van der Waals surface area contributed by atoms with Crippen molar-refractivity contribution in [2.75, 3.05) is 0 Å². The van der Waals surface area contributed by atoms with E-state index in [0.29, 0.717) is 61.0 Å². The number of ketones is 1. The van der Waals surface area contributed by atoms with Crippen molar-refractivity contribution in [1.82, 2.24) is 0 Å². The molecule has 0 unspecified atom stereocenters. The Morgan fingerprint density at radius 3 is 2.04 bits per heavy atom. The van der Waals surface area contributed by atoms with Crippen molar-refractivity contribution in [3.8, 4) is 28.7 Å². The number of carbonyl (C=O) groups excluding carboxylic acids is 1. The summed E-state index contributed by atoms with van der Waals surface area (Å²) in [5.74, 6) is 1.35. The van der Waals surface area contributed by atoms with Gasteiger partial charge in [0, 0.05) is 17.2 Å². The van der Waals surface area contributed by atoms with Gasteiger partial charge in [-0.1, -0.05) is 73.5 Å². The maximum Gasteiger partial charge on any atom is 0.307 e. The summed E-state index contributed by atoms with van der Waals surface area (Å²) < 4.78 is 20.1. The molecule has 0 aromatic heterocycles. The molecule has 0 aliphatic rings. The average molecular weight is 759 g/mol. The third-order valence-electron chi connectivity index (χ3n) is 7.41. The van der Waals surface area contributed by atoms with Crippen molar-refractivity contribution in [1.29, 1.82) is 0 Å². The molecule has 0 fully saturated rings. The van der Waals surface area contributed by atoms with Gasteiger partial charge in [-0.15, -0.1) is 0 Å². The molecule has 5 aromatic carbocycles. The third-order valence-corrected chi connectivity index (χ3v) is 8.58. The van der Waals surface area contributed by atoms with Gasteiger partial charge in [-0.25, -0.2) is 0 Å². The predicted octanol–water partition coefficient (Wildman–Crippen LogP) is 11.0. The normalized spacial score (nSPS) is 11.0. The Morgan fingerprint density at radius 1 is 0.723 bits per heavy atom. The zero-order valence-corrected chi connectivity index (χ0v) is 29.6. The molecular formula is C39H34Br2O6. The van der Waals surface area contributed by atoms with Gasteiger partial charge in [-0.05, 0) is 105 Å². The highest BCUT2D eigenvalue weighted by molar-refractivity contribution is 9.11. The summed E-state index contributed by atoms with van der Waals surface area (Å²) in [7, 11) is 0. The predicted molar refractivity (Wildman–Crippen MR) is 190 cm³/mol. The molecule has 0 saturated carbocycles. The van der Waals surface area contributed by atoms with Gasteiger partial charge in [-0.2, -0.15) is 0 Å². The van der Waals surface area contributed by atoms with E-state index in [1.54, 1.807) is 24.3 Å². The molecular weight excluding hydrogens is 724 g/mol.